The second-order valence-electron chi connectivity index (χ2n) is 7.82. The Bertz CT molecular complexity index is 1340. The van der Waals surface area contributed by atoms with Crippen LogP contribution in [0.15, 0.2) is 59.7 Å². The third kappa shape index (κ3) is 3.73. The van der Waals surface area contributed by atoms with Gasteiger partial charge in [-0.3, -0.25) is 9.69 Å². The van der Waals surface area contributed by atoms with Crippen molar-refractivity contribution in [3.8, 4) is 11.4 Å². The zero-order valence-corrected chi connectivity index (χ0v) is 17.7. The Morgan fingerprint density at radius 2 is 2.06 bits per heavy atom. The van der Waals surface area contributed by atoms with E-state index in [0.717, 1.165) is 39.8 Å². The van der Waals surface area contributed by atoms with Crippen LogP contribution in [0.4, 0.5) is 4.39 Å². The number of nitrogens with zero attached hydrogens (tertiary/aromatic N) is 2. The molecule has 2 aromatic heterocycles. The fraction of sp³-hybridized carbons (Fsp3) is 0.208. The third-order valence-corrected chi connectivity index (χ3v) is 6.08. The molecule has 0 aliphatic carbocycles. The Hall–Kier alpha value is -3.09. The fourth-order valence-electron chi connectivity index (χ4n) is 4.13. The van der Waals surface area contributed by atoms with Crippen molar-refractivity contribution < 1.29 is 9.13 Å². The molecular weight excluding hydrogens is 417 g/mol. The molecule has 158 valence electrons. The van der Waals surface area contributed by atoms with Gasteiger partial charge in [-0.15, -0.1) is 0 Å². The lowest BCUT2D eigenvalue weighted by atomic mass is 10.1. The van der Waals surface area contributed by atoms with Gasteiger partial charge >= 0.3 is 0 Å². The van der Waals surface area contributed by atoms with E-state index in [1.165, 1.54) is 12.1 Å². The molecule has 0 atom stereocenters. The van der Waals surface area contributed by atoms with E-state index in [4.69, 9.17) is 16.3 Å². The lowest BCUT2D eigenvalue weighted by Crippen LogP contribution is -2.26. The molecule has 5 nitrogen and oxygen atoms in total. The summed E-state index contributed by atoms with van der Waals surface area (Å²) in [5.41, 5.74) is 4.43. The Labute approximate surface area is 183 Å². The van der Waals surface area contributed by atoms with Crippen LogP contribution in [-0.4, -0.2) is 27.6 Å². The highest BCUT2D eigenvalue weighted by Crippen LogP contribution is 2.35. The van der Waals surface area contributed by atoms with Gasteiger partial charge in [0.15, 0.2) is 0 Å². The Balaban J connectivity index is 1.51. The highest BCUT2D eigenvalue weighted by molar-refractivity contribution is 6.32. The van der Waals surface area contributed by atoms with Crippen LogP contribution in [0.5, 0.6) is 5.75 Å². The van der Waals surface area contributed by atoms with Crippen molar-refractivity contribution in [2.45, 2.75) is 20.0 Å². The number of benzene rings is 2. The van der Waals surface area contributed by atoms with Gasteiger partial charge in [-0.1, -0.05) is 11.6 Å². The number of ether oxygens (including phenoxy) is 1. The Kier molecular flexibility index (Phi) is 5.04. The summed E-state index contributed by atoms with van der Waals surface area (Å²) in [6.45, 7) is 4.36. The first-order chi connectivity index (χ1) is 15.0. The van der Waals surface area contributed by atoms with Crippen LogP contribution < -0.4 is 10.3 Å². The maximum atomic E-state index is 13.6. The molecular formula is C24H21ClFN3O2. The predicted octanol–water partition coefficient (Wildman–Crippen LogP) is 4.81. The number of aromatic nitrogens is 2. The van der Waals surface area contributed by atoms with Crippen LogP contribution in [0.25, 0.3) is 16.6 Å². The maximum absolute atomic E-state index is 13.6. The lowest BCUT2D eigenvalue weighted by molar-refractivity contribution is 0.219. The van der Waals surface area contributed by atoms with Crippen LogP contribution in [-0.2, 0) is 13.1 Å². The number of pyridine rings is 1. The van der Waals surface area contributed by atoms with Gasteiger partial charge in [0.2, 0.25) is 0 Å². The zero-order valence-electron chi connectivity index (χ0n) is 17.0. The van der Waals surface area contributed by atoms with Crippen LogP contribution in [0.1, 0.15) is 16.7 Å². The first-order valence-corrected chi connectivity index (χ1v) is 10.5. The van der Waals surface area contributed by atoms with Gasteiger partial charge in [-0.2, -0.15) is 0 Å². The molecule has 1 N–H and O–H groups in total. The lowest BCUT2D eigenvalue weighted by Gasteiger charge is -2.20. The number of fused-ring (bicyclic) bond motifs is 2. The molecule has 4 aromatic rings. The molecule has 1 aliphatic rings. The van der Waals surface area contributed by atoms with Crippen LogP contribution in [0.2, 0.25) is 5.02 Å². The molecule has 5 rings (SSSR count). The summed E-state index contributed by atoms with van der Waals surface area (Å²) in [6.07, 6.45) is 3.60. The average molecular weight is 438 g/mol. The molecule has 0 amide bonds. The minimum Gasteiger partial charge on any atom is -0.490 e. The molecule has 1 aliphatic heterocycles. The number of hydrogen-bond acceptors (Lipinski definition) is 3. The second-order valence-corrected chi connectivity index (χ2v) is 8.23. The van der Waals surface area contributed by atoms with E-state index >= 15 is 0 Å². The summed E-state index contributed by atoms with van der Waals surface area (Å²) >= 11 is 6.60. The molecule has 0 saturated carbocycles. The maximum Gasteiger partial charge on any atom is 0.251 e. The van der Waals surface area contributed by atoms with Crippen molar-refractivity contribution in [2.75, 3.05) is 13.2 Å². The predicted molar refractivity (Wildman–Crippen MR) is 120 cm³/mol. The molecule has 0 spiro atoms. The van der Waals surface area contributed by atoms with E-state index in [0.29, 0.717) is 30.5 Å². The number of H-pyrrole nitrogens is 1. The smallest absolute Gasteiger partial charge is 0.251 e. The fourth-order valence-corrected chi connectivity index (χ4v) is 4.42. The largest absolute Gasteiger partial charge is 0.490 e. The first-order valence-electron chi connectivity index (χ1n) is 10.1. The summed E-state index contributed by atoms with van der Waals surface area (Å²) in [5.74, 6) is 0.433. The van der Waals surface area contributed by atoms with Crippen LogP contribution in [0.3, 0.4) is 0 Å². The molecule has 0 saturated heterocycles. The molecule has 0 fully saturated rings. The Morgan fingerprint density at radius 1 is 1.19 bits per heavy atom. The minimum atomic E-state index is -0.260. The molecule has 7 heteroatoms. The quantitative estimate of drug-likeness (QED) is 0.500. The van der Waals surface area contributed by atoms with Crippen molar-refractivity contribution in [2.24, 2.45) is 0 Å². The van der Waals surface area contributed by atoms with E-state index in [2.05, 4.69) is 16.0 Å². The summed E-state index contributed by atoms with van der Waals surface area (Å²) in [7, 11) is 0. The van der Waals surface area contributed by atoms with Crippen LogP contribution >= 0.6 is 11.6 Å². The van der Waals surface area contributed by atoms with Crippen molar-refractivity contribution >= 4 is 22.5 Å². The van der Waals surface area contributed by atoms with Gasteiger partial charge < -0.3 is 14.3 Å². The van der Waals surface area contributed by atoms with Gasteiger partial charge in [0.1, 0.15) is 18.2 Å². The van der Waals surface area contributed by atoms with Gasteiger partial charge in [0, 0.05) is 54.2 Å². The number of hydrogen-bond donors (Lipinski definition) is 1. The molecule has 0 radical (unpaired) electrons. The second kappa shape index (κ2) is 7.87. The summed E-state index contributed by atoms with van der Waals surface area (Å²) < 4.78 is 21.6. The molecule has 31 heavy (non-hydrogen) atoms. The van der Waals surface area contributed by atoms with E-state index in [-0.39, 0.29) is 11.4 Å². The van der Waals surface area contributed by atoms with Gasteiger partial charge in [-0.25, -0.2) is 4.39 Å². The van der Waals surface area contributed by atoms with E-state index in [1.54, 1.807) is 12.3 Å². The van der Waals surface area contributed by atoms with Crippen LogP contribution in [0, 0.1) is 12.7 Å². The summed E-state index contributed by atoms with van der Waals surface area (Å²) in [6, 6.07) is 12.5. The number of halogens is 2. The SMILES string of the molecule is Cc1c(CN2CCOc3c(Cl)cc(-n4ccc5cc(F)ccc54)cc3C2)cc[nH]c1=O. The standard InChI is InChI=1S/C24H21ClFN3O2/c1-15-17(4-6-27-24(15)30)13-28-8-9-31-23-18(14-28)11-20(12-21(23)25)29-7-5-16-10-19(26)2-3-22(16)29/h2-7,10-12H,8-9,13-14H2,1H3,(H,27,30). The third-order valence-electron chi connectivity index (χ3n) is 5.80. The molecule has 0 unspecified atom stereocenters. The normalized spacial score (nSPS) is 14.3. The molecule has 0 bridgehead atoms. The highest BCUT2D eigenvalue weighted by atomic mass is 35.5. The highest BCUT2D eigenvalue weighted by Gasteiger charge is 2.20. The summed E-state index contributed by atoms with van der Waals surface area (Å²) in [4.78, 5) is 16.9. The van der Waals surface area contributed by atoms with Gasteiger partial charge in [0.25, 0.3) is 5.56 Å². The number of nitrogens with one attached hydrogen (secondary N) is 1. The van der Waals surface area contributed by atoms with Crippen molar-refractivity contribution in [1.82, 2.24) is 14.5 Å². The first kappa shape index (κ1) is 19.8. The van der Waals surface area contributed by atoms with Gasteiger partial charge in [-0.05, 0) is 55.0 Å². The molecule has 3 heterocycles. The van der Waals surface area contributed by atoms with E-state index in [1.807, 2.05) is 35.9 Å². The van der Waals surface area contributed by atoms with E-state index < -0.39 is 0 Å². The zero-order chi connectivity index (χ0) is 21.5. The minimum absolute atomic E-state index is 0.0646. The molecule has 2 aromatic carbocycles. The van der Waals surface area contributed by atoms with Crippen molar-refractivity contribution in [3.05, 3.63) is 92.7 Å². The van der Waals surface area contributed by atoms with Crippen molar-refractivity contribution in [1.29, 1.82) is 0 Å². The van der Waals surface area contributed by atoms with Crippen molar-refractivity contribution in [3.63, 3.8) is 0 Å². The number of rotatable bonds is 3. The summed E-state index contributed by atoms with van der Waals surface area (Å²) in [5, 5.41) is 1.37. The monoisotopic (exact) mass is 437 g/mol. The topological polar surface area (TPSA) is 50.3 Å². The van der Waals surface area contributed by atoms with E-state index in [9.17, 15) is 9.18 Å². The number of aromatic amines is 1. The van der Waals surface area contributed by atoms with Gasteiger partial charge in [0.05, 0.1) is 10.5 Å². The average Bonchev–Trinajstić information content (AvgIpc) is 3.04. The Morgan fingerprint density at radius 3 is 2.94 bits per heavy atom.